The van der Waals surface area contributed by atoms with Gasteiger partial charge in [0.15, 0.2) is 5.75 Å². The number of hydrogen-bond acceptors (Lipinski definition) is 6. The van der Waals surface area contributed by atoms with E-state index in [-0.39, 0.29) is 52.5 Å². The summed E-state index contributed by atoms with van der Waals surface area (Å²) >= 11 is 6.84. The number of anilines is 1. The molecule has 2 saturated heterocycles. The van der Waals surface area contributed by atoms with Crippen LogP contribution in [0.2, 0.25) is 5.02 Å². The molecule has 4 atom stereocenters. The maximum Gasteiger partial charge on any atom is 0.350 e. The van der Waals surface area contributed by atoms with Crippen LogP contribution < -0.4 is 15.3 Å². The Morgan fingerprint density at radius 2 is 1.98 bits per heavy atom. The summed E-state index contributed by atoms with van der Waals surface area (Å²) in [7, 11) is 0. The van der Waals surface area contributed by atoms with Gasteiger partial charge in [-0.05, 0) is 63.9 Å². The highest BCUT2D eigenvalue weighted by molar-refractivity contribution is 6.35. The van der Waals surface area contributed by atoms with Gasteiger partial charge < -0.3 is 19.4 Å². The summed E-state index contributed by atoms with van der Waals surface area (Å²) in [5, 5.41) is 0.726. The first-order chi connectivity index (χ1) is 21.1. The van der Waals surface area contributed by atoms with Gasteiger partial charge in [0.05, 0.1) is 16.6 Å². The van der Waals surface area contributed by atoms with Gasteiger partial charge >= 0.3 is 5.69 Å². The van der Waals surface area contributed by atoms with Crippen molar-refractivity contribution in [2.45, 2.75) is 57.4 Å². The first kappa shape index (κ1) is 30.5. The highest BCUT2D eigenvalue weighted by atomic mass is 35.5. The zero-order chi connectivity index (χ0) is 31.3. The minimum Gasteiger partial charge on any atom is -0.488 e. The molecular formula is C32H35ClF3N5O3. The Hall–Kier alpha value is -3.57. The lowest BCUT2D eigenvalue weighted by molar-refractivity contribution is -0.128. The first-order valence-electron chi connectivity index (χ1n) is 15.0. The number of alkyl halides is 1. The van der Waals surface area contributed by atoms with Gasteiger partial charge in [-0.2, -0.15) is 4.98 Å². The predicted octanol–water partition coefficient (Wildman–Crippen LogP) is 5.36. The number of amides is 1. The summed E-state index contributed by atoms with van der Waals surface area (Å²) in [5.41, 5.74) is 0.241. The molecule has 3 aliphatic heterocycles. The lowest BCUT2D eigenvalue weighted by atomic mass is 9.98. The molecule has 4 heterocycles. The maximum atomic E-state index is 15.1. The lowest BCUT2D eigenvalue weighted by Gasteiger charge is -2.45. The van der Waals surface area contributed by atoms with E-state index < -0.39 is 23.5 Å². The Kier molecular flexibility index (Phi) is 8.36. The van der Waals surface area contributed by atoms with Gasteiger partial charge in [-0.3, -0.25) is 9.36 Å². The number of hydrogen-bond donors (Lipinski definition) is 0. The van der Waals surface area contributed by atoms with E-state index in [1.54, 1.807) is 15.5 Å². The van der Waals surface area contributed by atoms with Gasteiger partial charge in [-0.1, -0.05) is 18.2 Å². The monoisotopic (exact) mass is 629 g/mol. The molecule has 234 valence electrons. The van der Waals surface area contributed by atoms with Crippen molar-refractivity contribution in [1.82, 2.24) is 19.4 Å². The number of carbonyl (C=O) groups excluding carboxylic acids is 1. The van der Waals surface area contributed by atoms with Crippen molar-refractivity contribution in [2.24, 2.45) is 0 Å². The number of carbonyl (C=O) groups is 1. The second-order valence-corrected chi connectivity index (χ2v) is 12.4. The van der Waals surface area contributed by atoms with Crippen LogP contribution in [0, 0.1) is 11.6 Å². The number of aromatic nitrogens is 2. The molecule has 8 nitrogen and oxygen atoms in total. The number of benzene rings is 2. The molecule has 12 heteroatoms. The smallest absolute Gasteiger partial charge is 0.350 e. The highest BCUT2D eigenvalue weighted by Gasteiger charge is 2.36. The number of ether oxygens (including phenoxy) is 1. The minimum absolute atomic E-state index is 0.0532. The quantitative estimate of drug-likeness (QED) is 0.328. The van der Waals surface area contributed by atoms with Crippen LogP contribution in [0.15, 0.2) is 41.7 Å². The van der Waals surface area contributed by atoms with Crippen LogP contribution >= 0.6 is 11.6 Å². The van der Waals surface area contributed by atoms with E-state index in [1.165, 1.54) is 12.1 Å². The summed E-state index contributed by atoms with van der Waals surface area (Å²) in [6, 6.07) is 4.15. The van der Waals surface area contributed by atoms with Crippen LogP contribution in [0.25, 0.3) is 22.0 Å². The van der Waals surface area contributed by atoms with E-state index in [0.29, 0.717) is 68.7 Å². The van der Waals surface area contributed by atoms with Crippen molar-refractivity contribution in [2.75, 3.05) is 44.2 Å². The normalized spacial score (nSPS) is 23.7. The molecule has 1 aromatic heterocycles. The van der Waals surface area contributed by atoms with Crippen LogP contribution in [0.1, 0.15) is 39.2 Å². The number of halogens is 4. The third kappa shape index (κ3) is 5.45. The number of rotatable bonds is 7. The molecule has 2 fully saturated rings. The van der Waals surface area contributed by atoms with Gasteiger partial charge in [-0.15, -0.1) is 0 Å². The number of nitrogens with zero attached hydrogens (tertiary/aromatic N) is 5. The van der Waals surface area contributed by atoms with Gasteiger partial charge in [0.2, 0.25) is 5.91 Å². The van der Waals surface area contributed by atoms with Crippen LogP contribution in [0.5, 0.6) is 5.75 Å². The second kappa shape index (κ2) is 12.1. The SMILES string of the molecule is C=CC(=O)N1C[C@H](C)N(c2nc(=O)n3c4c(c(-c5ccc(F)cc5F)c(Cl)cc24)OC[C@H]3CCCN2CC[C@H](F)C2)C[C@H]1C. The van der Waals surface area contributed by atoms with Crippen LogP contribution in [0.3, 0.4) is 0 Å². The second-order valence-electron chi connectivity index (χ2n) is 12.0. The standard InChI is InChI=1S/C32H35ClF3N5O3/c1-4-27(42)39-14-19(3)40(15-18(39)2)31-24-13-25(33)28(23-8-7-20(34)12-26(23)36)30-29(24)41(32(43)37-31)22(17-44-30)6-5-10-38-11-9-21(35)16-38/h4,7-8,12-13,18-19,21-22H,1,5-6,9-11,14-17H2,2-3H3/t18-,19+,21+,22-/m1/s1. The molecule has 0 spiro atoms. The molecule has 2 aromatic carbocycles. The van der Waals surface area contributed by atoms with E-state index in [1.807, 2.05) is 18.7 Å². The van der Waals surface area contributed by atoms with E-state index in [9.17, 15) is 18.4 Å². The first-order valence-corrected chi connectivity index (χ1v) is 15.4. The molecule has 6 rings (SSSR count). The zero-order valence-corrected chi connectivity index (χ0v) is 25.5. The molecule has 1 amide bonds. The summed E-state index contributed by atoms with van der Waals surface area (Å²) in [6.45, 7) is 10.2. The molecule has 0 radical (unpaired) electrons. The molecule has 3 aromatic rings. The molecule has 0 aliphatic carbocycles. The highest BCUT2D eigenvalue weighted by Crippen LogP contribution is 2.47. The average Bonchev–Trinajstić information content (AvgIpc) is 3.41. The summed E-state index contributed by atoms with van der Waals surface area (Å²) < 4.78 is 50.6. The minimum atomic E-state index is -0.809. The largest absolute Gasteiger partial charge is 0.488 e. The van der Waals surface area contributed by atoms with Crippen LogP contribution in [-0.2, 0) is 4.79 Å². The lowest BCUT2D eigenvalue weighted by Crippen LogP contribution is -2.58. The zero-order valence-electron chi connectivity index (χ0n) is 24.7. The van der Waals surface area contributed by atoms with Crippen molar-refractivity contribution >= 4 is 34.2 Å². The maximum absolute atomic E-state index is 15.1. The van der Waals surface area contributed by atoms with Crippen LogP contribution in [0.4, 0.5) is 19.0 Å². The Balaban J connectivity index is 1.47. The Morgan fingerprint density at radius 3 is 2.68 bits per heavy atom. The Labute approximate surface area is 258 Å². The fraction of sp³-hybridized carbons (Fsp3) is 0.469. The fourth-order valence-electron chi connectivity index (χ4n) is 6.82. The third-order valence-corrected chi connectivity index (χ3v) is 9.32. The molecule has 0 unspecified atom stereocenters. The summed E-state index contributed by atoms with van der Waals surface area (Å²) in [4.78, 5) is 36.8. The van der Waals surface area contributed by atoms with E-state index >= 15 is 4.39 Å². The summed E-state index contributed by atoms with van der Waals surface area (Å²) in [5.74, 6) is -1.07. The fourth-order valence-corrected chi connectivity index (χ4v) is 7.12. The van der Waals surface area contributed by atoms with E-state index in [2.05, 4.69) is 16.5 Å². The van der Waals surface area contributed by atoms with Crippen molar-refractivity contribution < 1.29 is 22.7 Å². The average molecular weight is 630 g/mol. The predicted molar refractivity (Wildman–Crippen MR) is 164 cm³/mol. The molecular weight excluding hydrogens is 595 g/mol. The van der Waals surface area contributed by atoms with Crippen LogP contribution in [-0.4, -0.2) is 82.8 Å². The van der Waals surface area contributed by atoms with Gasteiger partial charge in [0.25, 0.3) is 0 Å². The van der Waals surface area contributed by atoms with Gasteiger partial charge in [0, 0.05) is 60.8 Å². The van der Waals surface area contributed by atoms with Crippen molar-refractivity contribution in [3.63, 3.8) is 0 Å². The summed E-state index contributed by atoms with van der Waals surface area (Å²) in [6.07, 6.45) is 2.31. The van der Waals surface area contributed by atoms with E-state index in [4.69, 9.17) is 16.3 Å². The molecule has 0 N–H and O–H groups in total. The van der Waals surface area contributed by atoms with Crippen molar-refractivity contribution in [1.29, 1.82) is 0 Å². The number of likely N-dealkylation sites (tertiary alicyclic amines) is 1. The van der Waals surface area contributed by atoms with Gasteiger partial charge in [-0.25, -0.2) is 18.0 Å². The third-order valence-electron chi connectivity index (χ3n) is 9.02. The molecule has 44 heavy (non-hydrogen) atoms. The molecule has 0 saturated carbocycles. The topological polar surface area (TPSA) is 70.9 Å². The Morgan fingerprint density at radius 1 is 1.18 bits per heavy atom. The number of piperazine rings is 1. The molecule has 0 bridgehead atoms. The van der Waals surface area contributed by atoms with E-state index in [0.717, 1.165) is 12.1 Å². The van der Waals surface area contributed by atoms with Gasteiger partial charge in [0.1, 0.15) is 30.2 Å². The Bertz CT molecular complexity index is 1680. The van der Waals surface area contributed by atoms with Crippen molar-refractivity contribution in [3.8, 4) is 16.9 Å². The van der Waals surface area contributed by atoms with Crippen molar-refractivity contribution in [3.05, 3.63) is 64.1 Å². The molecule has 3 aliphatic rings.